The summed E-state index contributed by atoms with van der Waals surface area (Å²) < 4.78 is 0. The molecule has 0 bridgehead atoms. The third kappa shape index (κ3) is 1.83. The largest absolute Gasteiger partial charge is 0.265 e. The second kappa shape index (κ2) is 5.74. The summed E-state index contributed by atoms with van der Waals surface area (Å²) in [5.74, 6) is 0. The van der Waals surface area contributed by atoms with E-state index in [1.807, 2.05) is 12.4 Å². The Morgan fingerprint density at radius 2 is 1.00 bits per heavy atom. The Labute approximate surface area is 136 Å². The van der Waals surface area contributed by atoms with Gasteiger partial charge >= 0.3 is 0 Å². The molecule has 0 atom stereocenters. The zero-order valence-corrected chi connectivity index (χ0v) is 16.2. The predicted octanol–water partition coefficient (Wildman–Crippen LogP) is 2.00. The Kier molecular flexibility index (Phi) is 4.08. The molecule has 1 aliphatic heterocycles. The Bertz CT molecular complexity index is 567. The lowest BCUT2D eigenvalue weighted by Gasteiger charge is -2.46. The Morgan fingerprint density at radius 1 is 0.636 bits per heavy atom. The summed E-state index contributed by atoms with van der Waals surface area (Å²) in [6.45, 7) is 9.51. The van der Waals surface area contributed by atoms with Crippen LogP contribution in [-0.2, 0) is 0 Å². The fraction of sp³-hybridized carbons (Fsp3) is 0.444. The van der Waals surface area contributed by atoms with Gasteiger partial charge in [0, 0.05) is 24.8 Å². The summed E-state index contributed by atoms with van der Waals surface area (Å²) in [6.07, 6.45) is 8.45. The lowest BCUT2D eigenvalue weighted by Crippen LogP contribution is -2.80. The molecule has 0 spiro atoms. The van der Waals surface area contributed by atoms with Crippen molar-refractivity contribution in [1.29, 1.82) is 0 Å². The van der Waals surface area contributed by atoms with E-state index in [2.05, 4.69) is 62.2 Å². The molecule has 3 rings (SSSR count). The maximum atomic E-state index is 4.54. The molecule has 0 aromatic carbocycles. The fourth-order valence-corrected chi connectivity index (χ4v) is 16.0. The predicted molar refractivity (Wildman–Crippen MR) is 100 cm³/mol. The van der Waals surface area contributed by atoms with Crippen LogP contribution in [0.5, 0.6) is 0 Å². The van der Waals surface area contributed by atoms with Crippen LogP contribution in [0.3, 0.4) is 0 Å². The molecule has 0 saturated carbocycles. The number of aromatic nitrogens is 2. The van der Waals surface area contributed by atoms with Crippen molar-refractivity contribution in [3.63, 3.8) is 0 Å². The molecule has 0 fully saturated rings. The second-order valence-corrected chi connectivity index (χ2v) is 15.7. The van der Waals surface area contributed by atoms with Crippen LogP contribution >= 0.6 is 0 Å². The average molecular weight is 327 g/mol. The summed E-state index contributed by atoms with van der Waals surface area (Å²) in [6, 6.07) is 9.73. The molecule has 2 aromatic heterocycles. The minimum Gasteiger partial charge on any atom is -0.265 e. The van der Waals surface area contributed by atoms with Gasteiger partial charge in [-0.25, -0.2) is 0 Å². The van der Waals surface area contributed by atoms with Gasteiger partial charge in [-0.3, -0.25) is 9.97 Å². The summed E-state index contributed by atoms with van der Waals surface area (Å²) in [5, 5.41) is 6.61. The minimum atomic E-state index is -1.66. The van der Waals surface area contributed by atoms with Crippen LogP contribution in [0.1, 0.15) is 27.7 Å². The third-order valence-corrected chi connectivity index (χ3v) is 17.2. The summed E-state index contributed by atoms with van der Waals surface area (Å²) >= 11 is 0. The summed E-state index contributed by atoms with van der Waals surface area (Å²) in [4.78, 5) is 9.08. The third-order valence-electron chi connectivity index (χ3n) is 6.12. The van der Waals surface area contributed by atoms with Gasteiger partial charge in [-0.05, 0) is 22.5 Å². The highest BCUT2D eigenvalue weighted by molar-refractivity contribution is 7.17. The Hall–Kier alpha value is -1.27. The van der Waals surface area contributed by atoms with Gasteiger partial charge in [0.25, 0.3) is 0 Å². The van der Waals surface area contributed by atoms with Crippen molar-refractivity contribution >= 4 is 36.9 Å². The number of hydrogen-bond donors (Lipinski definition) is 0. The SMILES string of the molecule is CC[Si]1(CC)c2ccncc2[Si](CC)(CC)c2ccncc21. The Morgan fingerprint density at radius 3 is 1.32 bits per heavy atom. The van der Waals surface area contributed by atoms with Crippen molar-refractivity contribution in [2.75, 3.05) is 0 Å². The van der Waals surface area contributed by atoms with Gasteiger partial charge in [0.05, 0.1) is 0 Å². The zero-order valence-electron chi connectivity index (χ0n) is 14.2. The van der Waals surface area contributed by atoms with Crippen LogP contribution in [0, 0.1) is 0 Å². The molecular weight excluding hydrogens is 300 g/mol. The van der Waals surface area contributed by atoms with Crippen molar-refractivity contribution in [1.82, 2.24) is 9.97 Å². The van der Waals surface area contributed by atoms with Crippen LogP contribution in [0.15, 0.2) is 36.9 Å². The first kappa shape index (κ1) is 15.6. The van der Waals surface area contributed by atoms with Gasteiger partial charge in [-0.2, -0.15) is 0 Å². The first-order valence-corrected chi connectivity index (χ1v) is 13.4. The van der Waals surface area contributed by atoms with Crippen LogP contribution in [0.4, 0.5) is 0 Å². The highest BCUT2D eigenvalue weighted by atomic mass is 28.3. The molecule has 0 radical (unpaired) electrons. The van der Waals surface area contributed by atoms with Gasteiger partial charge in [0.1, 0.15) is 16.1 Å². The first-order chi connectivity index (χ1) is 10.7. The molecule has 0 amide bonds. The van der Waals surface area contributed by atoms with Crippen molar-refractivity contribution < 1.29 is 0 Å². The van der Waals surface area contributed by atoms with E-state index in [0.717, 1.165) is 0 Å². The molecule has 0 unspecified atom stereocenters. The Balaban J connectivity index is 2.44. The molecule has 3 heterocycles. The molecule has 4 heteroatoms. The molecule has 0 saturated heterocycles. The van der Waals surface area contributed by atoms with Gasteiger partial charge in [0.2, 0.25) is 0 Å². The van der Waals surface area contributed by atoms with E-state index in [4.69, 9.17) is 0 Å². The second-order valence-electron chi connectivity index (χ2n) is 6.42. The van der Waals surface area contributed by atoms with Crippen molar-refractivity contribution in [3.05, 3.63) is 36.9 Å². The number of fused-ring (bicyclic) bond motifs is 2. The topological polar surface area (TPSA) is 25.8 Å². The number of pyridine rings is 2. The maximum absolute atomic E-state index is 4.54. The van der Waals surface area contributed by atoms with Gasteiger partial charge in [0.15, 0.2) is 0 Å². The van der Waals surface area contributed by atoms with Crippen LogP contribution in [0.25, 0.3) is 0 Å². The fourth-order valence-electron chi connectivity index (χ4n) is 4.70. The van der Waals surface area contributed by atoms with E-state index in [-0.39, 0.29) is 0 Å². The molecule has 0 aliphatic carbocycles. The molecule has 116 valence electrons. The van der Waals surface area contributed by atoms with Crippen LogP contribution in [-0.4, -0.2) is 26.1 Å². The molecule has 22 heavy (non-hydrogen) atoms. The lowest BCUT2D eigenvalue weighted by atomic mass is 10.5. The van der Waals surface area contributed by atoms with E-state index in [1.54, 1.807) is 20.7 Å². The summed E-state index contributed by atoms with van der Waals surface area (Å²) in [7, 11) is -3.32. The molecule has 2 nitrogen and oxygen atoms in total. The normalized spacial score (nSPS) is 17.6. The zero-order chi connectivity index (χ0) is 15.8. The maximum Gasteiger partial charge on any atom is 0.119 e. The number of nitrogens with zero attached hydrogens (tertiary/aromatic N) is 2. The van der Waals surface area contributed by atoms with Gasteiger partial charge in [-0.1, -0.05) is 62.2 Å². The monoisotopic (exact) mass is 326 g/mol. The quantitative estimate of drug-likeness (QED) is 0.803. The van der Waals surface area contributed by atoms with E-state index in [1.165, 1.54) is 24.2 Å². The van der Waals surface area contributed by atoms with E-state index < -0.39 is 16.1 Å². The lowest BCUT2D eigenvalue weighted by molar-refractivity contribution is 1.23. The highest BCUT2D eigenvalue weighted by Gasteiger charge is 2.50. The van der Waals surface area contributed by atoms with E-state index in [0.29, 0.717) is 0 Å². The van der Waals surface area contributed by atoms with Crippen LogP contribution < -0.4 is 20.7 Å². The van der Waals surface area contributed by atoms with E-state index >= 15 is 0 Å². The van der Waals surface area contributed by atoms with Gasteiger partial charge < -0.3 is 0 Å². The standard InChI is InChI=1S/C18H26N2Si2/c1-5-21(6-2)15-9-11-20-14-18(15)22(7-3,8-4)16-10-12-19-13-17(16)21/h9-14H,5-8H2,1-4H3. The first-order valence-electron chi connectivity index (χ1n) is 8.60. The molecule has 0 N–H and O–H groups in total. The van der Waals surface area contributed by atoms with Crippen molar-refractivity contribution in [3.8, 4) is 0 Å². The minimum absolute atomic E-state index is 1.26. The van der Waals surface area contributed by atoms with Crippen molar-refractivity contribution in [2.45, 2.75) is 51.9 Å². The average Bonchev–Trinajstić information content (AvgIpc) is 2.60. The molecule has 2 aromatic rings. The number of rotatable bonds is 4. The smallest absolute Gasteiger partial charge is 0.119 e. The van der Waals surface area contributed by atoms with E-state index in [9.17, 15) is 0 Å². The van der Waals surface area contributed by atoms with Gasteiger partial charge in [-0.15, -0.1) is 0 Å². The molecular formula is C18H26N2Si2. The summed E-state index contributed by atoms with van der Waals surface area (Å²) in [5.41, 5.74) is 0. The van der Waals surface area contributed by atoms with Crippen molar-refractivity contribution in [2.24, 2.45) is 0 Å². The number of hydrogen-bond acceptors (Lipinski definition) is 2. The molecule has 1 aliphatic rings. The van der Waals surface area contributed by atoms with Crippen LogP contribution in [0.2, 0.25) is 24.2 Å². The highest BCUT2D eigenvalue weighted by Crippen LogP contribution is 2.24.